The van der Waals surface area contributed by atoms with Crippen molar-refractivity contribution in [1.82, 2.24) is 0 Å². The summed E-state index contributed by atoms with van der Waals surface area (Å²) >= 11 is 0. The lowest BCUT2D eigenvalue weighted by atomic mass is 9.98. The number of esters is 1. The van der Waals surface area contributed by atoms with Crippen LogP contribution >= 0.6 is 0 Å². The molecule has 0 unspecified atom stereocenters. The number of carboxylic acids is 1. The average molecular weight is 234 g/mol. The molecule has 0 radical (unpaired) electrons. The number of aryl methyl sites for hydroxylation is 1. The molecule has 0 amide bonds. The van der Waals surface area contributed by atoms with Gasteiger partial charge in [-0.1, -0.05) is 18.7 Å². The molecule has 0 aromatic heterocycles. The third kappa shape index (κ3) is 2.72. The van der Waals surface area contributed by atoms with E-state index in [1.165, 1.54) is 12.1 Å². The van der Waals surface area contributed by atoms with E-state index in [4.69, 9.17) is 9.84 Å². The molecule has 0 spiro atoms. The van der Waals surface area contributed by atoms with E-state index in [-0.39, 0.29) is 17.7 Å². The second-order valence-corrected chi connectivity index (χ2v) is 3.62. The number of rotatable bonds is 4. The van der Waals surface area contributed by atoms with Crippen molar-refractivity contribution in [3.05, 3.63) is 47.0 Å². The number of ether oxygens (including phenoxy) is 1. The second-order valence-electron chi connectivity index (χ2n) is 3.62. The largest absolute Gasteiger partial charge is 0.478 e. The van der Waals surface area contributed by atoms with E-state index in [1.54, 1.807) is 13.0 Å². The minimum Gasteiger partial charge on any atom is -0.478 e. The van der Waals surface area contributed by atoms with Crippen LogP contribution in [0.5, 0.6) is 0 Å². The second kappa shape index (κ2) is 5.30. The van der Waals surface area contributed by atoms with Crippen molar-refractivity contribution in [3.63, 3.8) is 0 Å². The van der Waals surface area contributed by atoms with Crippen molar-refractivity contribution in [1.29, 1.82) is 0 Å². The topological polar surface area (TPSA) is 63.6 Å². The lowest BCUT2D eigenvalue weighted by molar-refractivity contribution is 0.0535. The highest BCUT2D eigenvalue weighted by Crippen LogP contribution is 2.19. The van der Waals surface area contributed by atoms with Crippen molar-refractivity contribution in [2.45, 2.75) is 13.8 Å². The summed E-state index contributed by atoms with van der Waals surface area (Å²) in [6, 6.07) is 3.08. The molecule has 0 saturated heterocycles. The van der Waals surface area contributed by atoms with Gasteiger partial charge in [0.05, 0.1) is 11.1 Å². The third-order valence-corrected chi connectivity index (χ3v) is 2.50. The minimum absolute atomic E-state index is 0.0397. The van der Waals surface area contributed by atoms with Crippen molar-refractivity contribution in [2.75, 3.05) is 6.61 Å². The van der Waals surface area contributed by atoms with Crippen LogP contribution < -0.4 is 0 Å². The number of hydrogen-bond donors (Lipinski definition) is 1. The lowest BCUT2D eigenvalue weighted by Crippen LogP contribution is -2.14. The van der Waals surface area contributed by atoms with E-state index < -0.39 is 11.9 Å². The predicted molar refractivity (Wildman–Crippen MR) is 63.4 cm³/mol. The van der Waals surface area contributed by atoms with Crippen molar-refractivity contribution in [3.8, 4) is 0 Å². The maximum absolute atomic E-state index is 11.8. The molecule has 0 aliphatic rings. The Morgan fingerprint density at radius 3 is 2.59 bits per heavy atom. The van der Waals surface area contributed by atoms with Crippen LogP contribution in [0.1, 0.15) is 31.8 Å². The Morgan fingerprint density at radius 1 is 1.41 bits per heavy atom. The summed E-state index contributed by atoms with van der Waals surface area (Å²) < 4.78 is 4.88. The summed E-state index contributed by atoms with van der Waals surface area (Å²) in [4.78, 5) is 22.8. The van der Waals surface area contributed by atoms with E-state index >= 15 is 0 Å². The van der Waals surface area contributed by atoms with Crippen LogP contribution in [0, 0.1) is 13.8 Å². The summed E-state index contributed by atoms with van der Waals surface area (Å²) in [5.74, 6) is -1.78. The van der Waals surface area contributed by atoms with Gasteiger partial charge in [0, 0.05) is 0 Å². The predicted octanol–water partition coefficient (Wildman–Crippen LogP) is 2.34. The Balaban J connectivity index is 3.27. The number of carbonyl (C=O) groups is 2. The Hall–Kier alpha value is -2.10. The lowest BCUT2D eigenvalue weighted by Gasteiger charge is -2.11. The van der Waals surface area contributed by atoms with Gasteiger partial charge >= 0.3 is 11.9 Å². The molecule has 0 bridgehead atoms. The molecule has 1 rings (SSSR count). The maximum Gasteiger partial charge on any atom is 0.339 e. The van der Waals surface area contributed by atoms with Gasteiger partial charge in [0.15, 0.2) is 0 Å². The van der Waals surface area contributed by atoms with Crippen LogP contribution in [-0.4, -0.2) is 23.7 Å². The fourth-order valence-corrected chi connectivity index (χ4v) is 1.46. The third-order valence-electron chi connectivity index (χ3n) is 2.50. The van der Waals surface area contributed by atoms with Gasteiger partial charge in [-0.25, -0.2) is 9.59 Å². The zero-order chi connectivity index (χ0) is 13.0. The molecule has 0 saturated carbocycles. The van der Waals surface area contributed by atoms with Gasteiger partial charge < -0.3 is 9.84 Å². The molecule has 0 heterocycles. The number of aromatic carboxylic acids is 1. The maximum atomic E-state index is 11.8. The Labute approximate surface area is 99.5 Å². The quantitative estimate of drug-likeness (QED) is 0.641. The molecule has 4 nitrogen and oxygen atoms in total. The van der Waals surface area contributed by atoms with Crippen LogP contribution in [0.15, 0.2) is 24.8 Å². The molecule has 4 heteroatoms. The van der Waals surface area contributed by atoms with Crippen LogP contribution in [0.2, 0.25) is 0 Å². The smallest absolute Gasteiger partial charge is 0.339 e. The summed E-state index contributed by atoms with van der Waals surface area (Å²) in [6.45, 7) is 7.00. The van der Waals surface area contributed by atoms with Gasteiger partial charge in [-0.3, -0.25) is 0 Å². The van der Waals surface area contributed by atoms with Crippen LogP contribution in [0.4, 0.5) is 0 Å². The minimum atomic E-state index is -1.14. The first-order valence-electron chi connectivity index (χ1n) is 5.10. The van der Waals surface area contributed by atoms with Crippen LogP contribution in [0.25, 0.3) is 0 Å². The Bertz CT molecular complexity index is 475. The zero-order valence-electron chi connectivity index (χ0n) is 9.82. The summed E-state index contributed by atoms with van der Waals surface area (Å²) in [7, 11) is 0. The monoisotopic (exact) mass is 234 g/mol. The highest BCUT2D eigenvalue weighted by atomic mass is 16.5. The molecule has 0 aliphatic heterocycles. The molecule has 17 heavy (non-hydrogen) atoms. The molecule has 0 atom stereocenters. The van der Waals surface area contributed by atoms with Crippen molar-refractivity contribution < 1.29 is 19.4 Å². The summed E-state index contributed by atoms with van der Waals surface area (Å²) in [5.41, 5.74) is 1.54. The van der Waals surface area contributed by atoms with E-state index in [9.17, 15) is 9.59 Å². The normalized spacial score (nSPS) is 9.76. The number of carbonyl (C=O) groups excluding carboxylic acids is 1. The molecular weight excluding hydrogens is 220 g/mol. The van der Waals surface area contributed by atoms with Gasteiger partial charge in [0.2, 0.25) is 0 Å². The van der Waals surface area contributed by atoms with Gasteiger partial charge in [-0.2, -0.15) is 0 Å². The van der Waals surface area contributed by atoms with Gasteiger partial charge in [-0.15, -0.1) is 0 Å². The van der Waals surface area contributed by atoms with Crippen molar-refractivity contribution in [2.24, 2.45) is 0 Å². The molecule has 1 N–H and O–H groups in total. The first kappa shape index (κ1) is 13.0. The van der Waals surface area contributed by atoms with Gasteiger partial charge in [0.1, 0.15) is 6.61 Å². The fraction of sp³-hybridized carbons (Fsp3) is 0.231. The molecule has 90 valence electrons. The molecule has 0 fully saturated rings. The van der Waals surface area contributed by atoms with Crippen molar-refractivity contribution >= 4 is 11.9 Å². The highest BCUT2D eigenvalue weighted by molar-refractivity contribution is 6.03. The molecule has 1 aromatic rings. The van der Waals surface area contributed by atoms with Gasteiger partial charge in [-0.05, 0) is 31.0 Å². The standard InChI is InChI=1S/C13H14O4/c1-4-7-17-13(16)11-9(3)8(2)5-6-10(11)12(14)15/h4-6H,1,7H2,2-3H3,(H,14,15). The highest BCUT2D eigenvalue weighted by Gasteiger charge is 2.20. The number of hydrogen-bond acceptors (Lipinski definition) is 3. The van der Waals surface area contributed by atoms with E-state index in [0.717, 1.165) is 5.56 Å². The first-order chi connectivity index (χ1) is 7.99. The van der Waals surface area contributed by atoms with Gasteiger partial charge in [0.25, 0.3) is 0 Å². The average Bonchev–Trinajstić information content (AvgIpc) is 2.28. The summed E-state index contributed by atoms with van der Waals surface area (Å²) in [5, 5.41) is 9.03. The Kier molecular flexibility index (Phi) is 4.04. The van der Waals surface area contributed by atoms with E-state index in [1.807, 2.05) is 6.92 Å². The Morgan fingerprint density at radius 2 is 2.06 bits per heavy atom. The zero-order valence-corrected chi connectivity index (χ0v) is 9.82. The first-order valence-corrected chi connectivity index (χ1v) is 5.10. The van der Waals surface area contributed by atoms with Crippen LogP contribution in [0.3, 0.4) is 0 Å². The van der Waals surface area contributed by atoms with E-state index in [0.29, 0.717) is 5.56 Å². The van der Waals surface area contributed by atoms with E-state index in [2.05, 4.69) is 6.58 Å². The van der Waals surface area contributed by atoms with Crippen LogP contribution in [-0.2, 0) is 4.74 Å². The number of carboxylic acid groups (broad SMARTS) is 1. The molecule has 0 aliphatic carbocycles. The molecule has 1 aromatic carbocycles. The number of benzene rings is 1. The molecular formula is C13H14O4. The summed E-state index contributed by atoms with van der Waals surface area (Å²) in [6.07, 6.45) is 1.43. The SMILES string of the molecule is C=CCOC(=O)c1c(C(=O)O)ccc(C)c1C. The fourth-order valence-electron chi connectivity index (χ4n) is 1.46.